The van der Waals surface area contributed by atoms with E-state index in [1.807, 2.05) is 0 Å². The van der Waals surface area contributed by atoms with Gasteiger partial charge in [0.05, 0.1) is 0 Å². The Hall–Kier alpha value is -0.920. The van der Waals surface area contributed by atoms with Gasteiger partial charge in [0.2, 0.25) is 0 Å². The summed E-state index contributed by atoms with van der Waals surface area (Å²) in [4.78, 5) is 10.8. The highest BCUT2D eigenvalue weighted by atomic mass is 79.9. The average molecular weight is 329 g/mol. The molecule has 0 amide bonds. The van der Waals surface area contributed by atoms with Crippen LogP contribution in [0.25, 0.3) is 0 Å². The van der Waals surface area contributed by atoms with E-state index in [1.54, 1.807) is 0 Å². The van der Waals surface area contributed by atoms with E-state index in [2.05, 4.69) is 48.5 Å². The van der Waals surface area contributed by atoms with Gasteiger partial charge in [0.15, 0.2) is 5.82 Å². The van der Waals surface area contributed by atoms with E-state index < -0.39 is 0 Å². The lowest BCUT2D eigenvalue weighted by atomic mass is 10.1. The highest BCUT2D eigenvalue weighted by Gasteiger charge is 2.15. The number of piperidine rings is 1. The third kappa shape index (κ3) is 4.02. The number of nitrogens with one attached hydrogen (secondary N) is 2. The van der Waals surface area contributed by atoms with Crippen molar-refractivity contribution in [3.8, 4) is 0 Å². The number of nitrogen functional groups attached to an aromatic ring is 1. The SMILES string of the molecule is CC(CN1CCCCC1)Nc1ncnc(NN)c1Br. The van der Waals surface area contributed by atoms with E-state index in [9.17, 15) is 0 Å². The molecule has 0 saturated carbocycles. The van der Waals surface area contributed by atoms with Crippen molar-refractivity contribution in [3.05, 3.63) is 10.8 Å². The van der Waals surface area contributed by atoms with E-state index in [-0.39, 0.29) is 0 Å². The monoisotopic (exact) mass is 328 g/mol. The van der Waals surface area contributed by atoms with E-state index >= 15 is 0 Å². The van der Waals surface area contributed by atoms with Gasteiger partial charge in [0.25, 0.3) is 0 Å². The predicted molar refractivity (Wildman–Crippen MR) is 80.9 cm³/mol. The van der Waals surface area contributed by atoms with Crippen molar-refractivity contribution in [1.29, 1.82) is 0 Å². The molecular formula is C12H21BrN6. The summed E-state index contributed by atoms with van der Waals surface area (Å²) in [7, 11) is 0. The van der Waals surface area contributed by atoms with Gasteiger partial charge in [-0.1, -0.05) is 6.42 Å². The lowest BCUT2D eigenvalue weighted by Gasteiger charge is -2.29. The minimum atomic E-state index is 0.329. The molecule has 1 fully saturated rings. The van der Waals surface area contributed by atoms with Crippen molar-refractivity contribution in [1.82, 2.24) is 14.9 Å². The number of anilines is 2. The molecule has 0 aromatic carbocycles. The Kier molecular flexibility index (Phi) is 5.35. The Morgan fingerprint density at radius 2 is 2.00 bits per heavy atom. The molecule has 1 aliphatic rings. The number of hydrogen-bond acceptors (Lipinski definition) is 6. The largest absolute Gasteiger partial charge is 0.365 e. The van der Waals surface area contributed by atoms with Crippen LogP contribution in [0.3, 0.4) is 0 Å². The Morgan fingerprint density at radius 1 is 1.32 bits per heavy atom. The molecule has 1 unspecified atom stereocenters. The second-order valence-corrected chi connectivity index (χ2v) is 5.73. The number of nitrogens with two attached hydrogens (primary N) is 1. The fourth-order valence-corrected chi connectivity index (χ4v) is 2.81. The van der Waals surface area contributed by atoms with Crippen LogP contribution < -0.4 is 16.6 Å². The van der Waals surface area contributed by atoms with Gasteiger partial charge in [-0.05, 0) is 48.8 Å². The van der Waals surface area contributed by atoms with Gasteiger partial charge in [0, 0.05) is 12.6 Å². The van der Waals surface area contributed by atoms with Gasteiger partial charge in [-0.3, -0.25) is 0 Å². The minimum absolute atomic E-state index is 0.329. The number of halogens is 1. The van der Waals surface area contributed by atoms with Gasteiger partial charge in [0.1, 0.15) is 16.6 Å². The Bertz CT molecular complexity index is 407. The number of aromatic nitrogens is 2. The Balaban J connectivity index is 1.92. The van der Waals surface area contributed by atoms with Crippen LogP contribution >= 0.6 is 15.9 Å². The molecule has 1 saturated heterocycles. The van der Waals surface area contributed by atoms with Gasteiger partial charge >= 0.3 is 0 Å². The zero-order chi connectivity index (χ0) is 13.7. The van der Waals surface area contributed by atoms with Gasteiger partial charge in [-0.2, -0.15) is 0 Å². The van der Waals surface area contributed by atoms with Crippen LogP contribution in [-0.2, 0) is 0 Å². The molecular weight excluding hydrogens is 308 g/mol. The summed E-state index contributed by atoms with van der Waals surface area (Å²) in [6.07, 6.45) is 5.48. The Morgan fingerprint density at radius 3 is 2.68 bits per heavy atom. The summed E-state index contributed by atoms with van der Waals surface area (Å²) in [6, 6.07) is 0.329. The molecule has 0 radical (unpaired) electrons. The van der Waals surface area contributed by atoms with E-state index in [0.29, 0.717) is 11.9 Å². The van der Waals surface area contributed by atoms with Crippen molar-refractivity contribution in [2.24, 2.45) is 5.84 Å². The normalized spacial score (nSPS) is 18.1. The standard InChI is InChI=1S/C12H21BrN6/c1-9(7-19-5-3-2-4-6-19)17-11-10(13)12(18-14)16-8-15-11/h8-9H,2-7,14H2,1H3,(H2,15,16,17,18). The first-order valence-electron chi connectivity index (χ1n) is 6.66. The number of rotatable bonds is 5. The van der Waals surface area contributed by atoms with Crippen LogP contribution in [0, 0.1) is 0 Å². The average Bonchev–Trinajstić information content (AvgIpc) is 2.42. The van der Waals surface area contributed by atoms with Crippen LogP contribution in [0.1, 0.15) is 26.2 Å². The molecule has 0 aliphatic carbocycles. The van der Waals surface area contributed by atoms with Crippen molar-refractivity contribution in [3.63, 3.8) is 0 Å². The first-order valence-corrected chi connectivity index (χ1v) is 7.46. The maximum Gasteiger partial charge on any atom is 0.159 e. The number of nitrogens with zero attached hydrogens (tertiary/aromatic N) is 3. The van der Waals surface area contributed by atoms with Gasteiger partial charge in [-0.25, -0.2) is 15.8 Å². The van der Waals surface area contributed by atoms with Crippen LogP contribution in [0.4, 0.5) is 11.6 Å². The molecule has 7 heteroatoms. The third-order valence-electron chi connectivity index (χ3n) is 3.29. The predicted octanol–water partition coefficient (Wildman–Crippen LogP) is 1.81. The molecule has 6 nitrogen and oxygen atoms in total. The molecule has 2 rings (SSSR count). The summed E-state index contributed by atoms with van der Waals surface area (Å²) in [5.41, 5.74) is 2.54. The molecule has 106 valence electrons. The van der Waals surface area contributed by atoms with Crippen LogP contribution in [0.15, 0.2) is 10.8 Å². The second-order valence-electron chi connectivity index (χ2n) is 4.94. The second kappa shape index (κ2) is 7.02. The summed E-state index contributed by atoms with van der Waals surface area (Å²) in [5, 5.41) is 3.40. The number of likely N-dealkylation sites (tertiary alicyclic amines) is 1. The fourth-order valence-electron chi connectivity index (χ4n) is 2.38. The first kappa shape index (κ1) is 14.5. The quantitative estimate of drug-likeness (QED) is 0.565. The van der Waals surface area contributed by atoms with E-state index in [0.717, 1.165) is 16.8 Å². The van der Waals surface area contributed by atoms with Crippen molar-refractivity contribution >= 4 is 27.6 Å². The highest BCUT2D eigenvalue weighted by molar-refractivity contribution is 9.10. The molecule has 0 bridgehead atoms. The molecule has 19 heavy (non-hydrogen) atoms. The van der Waals surface area contributed by atoms with Crippen molar-refractivity contribution < 1.29 is 0 Å². The van der Waals surface area contributed by atoms with Crippen molar-refractivity contribution in [2.75, 3.05) is 30.4 Å². The van der Waals surface area contributed by atoms with E-state index in [1.165, 1.54) is 38.7 Å². The lowest BCUT2D eigenvalue weighted by molar-refractivity contribution is 0.223. The summed E-state index contributed by atoms with van der Waals surface area (Å²) in [6.45, 7) is 5.60. The molecule has 2 heterocycles. The van der Waals surface area contributed by atoms with Crippen LogP contribution in [0.5, 0.6) is 0 Å². The number of hydrazine groups is 1. The topological polar surface area (TPSA) is 79.1 Å². The first-order chi connectivity index (χ1) is 9.20. The number of hydrogen-bond donors (Lipinski definition) is 3. The molecule has 1 atom stereocenters. The molecule has 1 aliphatic heterocycles. The van der Waals surface area contributed by atoms with Crippen LogP contribution in [-0.4, -0.2) is 40.5 Å². The van der Waals surface area contributed by atoms with Crippen molar-refractivity contribution in [2.45, 2.75) is 32.2 Å². The molecule has 1 aromatic rings. The van der Waals surface area contributed by atoms with Gasteiger partial charge in [-0.15, -0.1) is 0 Å². The molecule has 1 aromatic heterocycles. The highest BCUT2D eigenvalue weighted by Crippen LogP contribution is 2.26. The molecule has 0 spiro atoms. The van der Waals surface area contributed by atoms with Gasteiger partial charge < -0.3 is 15.6 Å². The zero-order valence-electron chi connectivity index (χ0n) is 11.2. The van der Waals surface area contributed by atoms with E-state index in [4.69, 9.17) is 5.84 Å². The third-order valence-corrected chi connectivity index (χ3v) is 4.04. The zero-order valence-corrected chi connectivity index (χ0v) is 12.8. The minimum Gasteiger partial charge on any atom is -0.365 e. The smallest absolute Gasteiger partial charge is 0.159 e. The maximum absolute atomic E-state index is 5.39. The fraction of sp³-hybridized carbons (Fsp3) is 0.667. The summed E-state index contributed by atoms with van der Waals surface area (Å²) < 4.78 is 0.767. The summed E-state index contributed by atoms with van der Waals surface area (Å²) >= 11 is 3.45. The maximum atomic E-state index is 5.39. The van der Waals surface area contributed by atoms with Crippen LogP contribution in [0.2, 0.25) is 0 Å². The summed E-state index contributed by atoms with van der Waals surface area (Å²) in [5.74, 6) is 6.75. The molecule has 4 N–H and O–H groups in total. The lowest BCUT2D eigenvalue weighted by Crippen LogP contribution is -2.38. The Labute approximate surface area is 122 Å².